The van der Waals surface area contributed by atoms with Crippen LogP contribution in [-0.4, -0.2) is 25.9 Å². The number of primary amides is 1. The molecule has 0 spiro atoms. The Morgan fingerprint density at radius 1 is 1.18 bits per heavy atom. The Labute approximate surface area is 162 Å². The van der Waals surface area contributed by atoms with Crippen LogP contribution in [0.3, 0.4) is 0 Å². The number of carbonyl (C=O) groups excluding carboxylic acids is 2. The molecule has 0 saturated carbocycles. The first-order valence-electron chi connectivity index (χ1n) is 9.18. The van der Waals surface area contributed by atoms with Crippen molar-refractivity contribution in [2.45, 2.75) is 50.0 Å². The van der Waals surface area contributed by atoms with Crippen molar-refractivity contribution in [3.05, 3.63) is 40.7 Å². The zero-order chi connectivity index (χ0) is 19.9. The van der Waals surface area contributed by atoms with Crippen molar-refractivity contribution in [1.82, 2.24) is 14.5 Å². The number of amides is 3. The molecule has 1 aromatic carbocycles. The van der Waals surface area contributed by atoms with Gasteiger partial charge in [0, 0.05) is 11.9 Å². The van der Waals surface area contributed by atoms with Gasteiger partial charge in [-0.1, -0.05) is 6.07 Å². The highest BCUT2D eigenvalue weighted by molar-refractivity contribution is 7.91. The van der Waals surface area contributed by atoms with E-state index in [1.54, 1.807) is 0 Å². The summed E-state index contributed by atoms with van der Waals surface area (Å²) in [5.41, 5.74) is 10.8. The molecular weight excluding hydrogens is 380 g/mol. The third kappa shape index (κ3) is 3.47. The molecule has 0 radical (unpaired) electrons. The van der Waals surface area contributed by atoms with E-state index in [-0.39, 0.29) is 11.4 Å². The minimum absolute atomic E-state index is 0.00687. The van der Waals surface area contributed by atoms with Gasteiger partial charge >= 0.3 is 6.03 Å². The van der Waals surface area contributed by atoms with Crippen LogP contribution in [0.1, 0.15) is 35.1 Å². The number of carbonyl (C=O) groups is 2. The number of urea groups is 1. The minimum Gasteiger partial charge on any atom is -0.368 e. The molecule has 1 heterocycles. The Bertz CT molecular complexity index is 1040. The van der Waals surface area contributed by atoms with Gasteiger partial charge in [-0.3, -0.25) is 9.48 Å². The number of rotatable bonds is 5. The summed E-state index contributed by atoms with van der Waals surface area (Å²) >= 11 is 0. The van der Waals surface area contributed by atoms with Gasteiger partial charge in [-0.25, -0.2) is 18.5 Å². The van der Waals surface area contributed by atoms with E-state index in [1.807, 2.05) is 0 Å². The summed E-state index contributed by atoms with van der Waals surface area (Å²) in [7, 11) is -3.62. The van der Waals surface area contributed by atoms with Crippen LogP contribution in [0.25, 0.3) is 0 Å². The van der Waals surface area contributed by atoms with Crippen LogP contribution in [0, 0.1) is 4.78 Å². The van der Waals surface area contributed by atoms with E-state index in [9.17, 15) is 13.8 Å². The van der Waals surface area contributed by atoms with Crippen molar-refractivity contribution in [2.75, 3.05) is 5.32 Å². The molecule has 1 aromatic heterocycles. The molecule has 2 aromatic rings. The van der Waals surface area contributed by atoms with Gasteiger partial charge in [0.05, 0.1) is 6.20 Å². The SMILES string of the molecule is N=S(=O)(NC(=O)Nc1c2c(cc3c1CCC3)CCC2)c1cnn(CC(N)=O)c1. The van der Waals surface area contributed by atoms with Gasteiger partial charge in [-0.05, 0) is 60.8 Å². The number of fused-ring (bicyclic) bond motifs is 2. The molecule has 148 valence electrons. The second-order valence-corrected chi connectivity index (χ2v) is 8.97. The fourth-order valence-electron chi connectivity index (χ4n) is 4.03. The predicted octanol–water partition coefficient (Wildman–Crippen LogP) is 1.49. The topological polar surface area (TPSA) is 143 Å². The van der Waals surface area contributed by atoms with Gasteiger partial charge in [0.25, 0.3) is 0 Å². The monoisotopic (exact) mass is 402 g/mol. The molecule has 28 heavy (non-hydrogen) atoms. The fraction of sp³-hybridized carbons (Fsp3) is 0.389. The minimum atomic E-state index is -3.62. The number of aryl methyl sites for hydroxylation is 2. The molecule has 10 heteroatoms. The van der Waals surface area contributed by atoms with Crippen molar-refractivity contribution in [3.63, 3.8) is 0 Å². The Morgan fingerprint density at radius 2 is 1.82 bits per heavy atom. The number of hydrogen-bond acceptors (Lipinski definition) is 5. The van der Waals surface area contributed by atoms with Crippen molar-refractivity contribution < 1.29 is 13.8 Å². The Balaban J connectivity index is 1.54. The molecule has 1 atom stereocenters. The third-order valence-corrected chi connectivity index (χ3v) is 6.55. The average Bonchev–Trinajstić information content (AvgIpc) is 3.32. The second-order valence-electron chi connectivity index (χ2n) is 7.19. The summed E-state index contributed by atoms with van der Waals surface area (Å²) in [5.74, 6) is -0.608. The van der Waals surface area contributed by atoms with Gasteiger partial charge in [-0.2, -0.15) is 5.10 Å². The Hall–Kier alpha value is -2.88. The lowest BCUT2D eigenvalue weighted by Crippen LogP contribution is -2.34. The predicted molar refractivity (Wildman–Crippen MR) is 103 cm³/mol. The zero-order valence-corrected chi connectivity index (χ0v) is 16.1. The summed E-state index contributed by atoms with van der Waals surface area (Å²) in [6.07, 6.45) is 8.42. The molecule has 0 bridgehead atoms. The van der Waals surface area contributed by atoms with Gasteiger partial charge in [0.15, 0.2) is 9.92 Å². The quantitative estimate of drug-likeness (QED) is 0.601. The molecular formula is C18H22N6O3S. The molecule has 2 aliphatic carbocycles. The lowest BCUT2D eigenvalue weighted by atomic mass is 9.99. The van der Waals surface area contributed by atoms with Gasteiger partial charge in [-0.15, -0.1) is 0 Å². The van der Waals surface area contributed by atoms with E-state index >= 15 is 0 Å². The second kappa shape index (κ2) is 6.93. The van der Waals surface area contributed by atoms with Crippen molar-refractivity contribution >= 4 is 27.5 Å². The van der Waals surface area contributed by atoms with Crippen molar-refractivity contribution in [2.24, 2.45) is 5.73 Å². The van der Waals surface area contributed by atoms with Gasteiger partial charge in [0.1, 0.15) is 11.4 Å². The highest BCUT2D eigenvalue weighted by Gasteiger charge is 2.26. The number of nitrogens with two attached hydrogens (primary N) is 1. The number of nitrogens with one attached hydrogen (secondary N) is 3. The Morgan fingerprint density at radius 3 is 2.43 bits per heavy atom. The highest BCUT2D eigenvalue weighted by atomic mass is 32.2. The van der Waals surface area contributed by atoms with Crippen LogP contribution in [0.15, 0.2) is 23.4 Å². The molecule has 0 aliphatic heterocycles. The third-order valence-electron chi connectivity index (χ3n) is 5.21. The standard InChI is InChI=1S/C18H22N6O3S/c19-16(25)10-24-9-13(8-21-24)28(20,27)23-18(26)22-17-14-5-1-3-11(14)7-12-4-2-6-15(12)17/h7-9H,1-6,10H2,(H2,19,25)(H3,20,22,23,26,27). The zero-order valence-electron chi connectivity index (χ0n) is 15.3. The lowest BCUT2D eigenvalue weighted by Gasteiger charge is -2.17. The van der Waals surface area contributed by atoms with E-state index in [1.165, 1.54) is 28.2 Å². The number of anilines is 1. The van der Waals surface area contributed by atoms with Crippen LogP contribution in [0.4, 0.5) is 10.5 Å². The molecule has 2 aliphatic rings. The van der Waals surface area contributed by atoms with Crippen molar-refractivity contribution in [3.8, 4) is 0 Å². The summed E-state index contributed by atoms with van der Waals surface area (Å²) in [4.78, 5) is 23.5. The largest absolute Gasteiger partial charge is 0.368 e. The van der Waals surface area contributed by atoms with E-state index in [0.717, 1.165) is 55.3 Å². The maximum atomic E-state index is 12.7. The van der Waals surface area contributed by atoms with Gasteiger partial charge in [0.2, 0.25) is 5.91 Å². The number of benzene rings is 1. The van der Waals surface area contributed by atoms with E-state index in [2.05, 4.69) is 21.2 Å². The van der Waals surface area contributed by atoms with E-state index in [4.69, 9.17) is 10.5 Å². The normalized spacial score (nSPS) is 16.9. The molecule has 4 rings (SSSR count). The molecule has 5 N–H and O–H groups in total. The smallest absolute Gasteiger partial charge is 0.331 e. The molecule has 0 fully saturated rings. The average molecular weight is 402 g/mol. The van der Waals surface area contributed by atoms with E-state index < -0.39 is 21.9 Å². The molecule has 3 amide bonds. The highest BCUT2D eigenvalue weighted by Crippen LogP contribution is 2.38. The van der Waals surface area contributed by atoms with Crippen molar-refractivity contribution in [1.29, 1.82) is 4.78 Å². The number of aromatic nitrogens is 2. The first-order valence-corrected chi connectivity index (χ1v) is 10.7. The maximum absolute atomic E-state index is 12.7. The first kappa shape index (κ1) is 18.5. The summed E-state index contributed by atoms with van der Waals surface area (Å²) in [5, 5.41) is 6.71. The summed E-state index contributed by atoms with van der Waals surface area (Å²) < 4.78 is 24.2. The van der Waals surface area contributed by atoms with Crippen LogP contribution >= 0.6 is 0 Å². The molecule has 1 unspecified atom stereocenters. The number of hydrogen-bond donors (Lipinski definition) is 4. The van der Waals surface area contributed by atoms with Crippen LogP contribution in [0.2, 0.25) is 0 Å². The fourth-order valence-corrected chi connectivity index (χ4v) is 4.93. The Kier molecular flexibility index (Phi) is 4.58. The van der Waals surface area contributed by atoms with Crippen LogP contribution < -0.4 is 15.8 Å². The maximum Gasteiger partial charge on any atom is 0.331 e. The van der Waals surface area contributed by atoms with Crippen LogP contribution in [0.5, 0.6) is 0 Å². The summed E-state index contributed by atoms with van der Waals surface area (Å²) in [6.45, 7) is -0.190. The molecule has 0 saturated heterocycles. The van der Waals surface area contributed by atoms with E-state index in [0.29, 0.717) is 0 Å². The summed E-state index contributed by atoms with van der Waals surface area (Å²) in [6, 6.07) is 1.58. The lowest BCUT2D eigenvalue weighted by molar-refractivity contribution is -0.118. The number of nitrogens with zero attached hydrogens (tertiary/aromatic N) is 2. The van der Waals surface area contributed by atoms with Gasteiger partial charge < -0.3 is 11.1 Å². The molecule has 9 nitrogen and oxygen atoms in total. The first-order chi connectivity index (χ1) is 13.3. The van der Waals surface area contributed by atoms with Crippen LogP contribution in [-0.2, 0) is 46.9 Å².